The summed E-state index contributed by atoms with van der Waals surface area (Å²) in [6, 6.07) is 0. The van der Waals surface area contributed by atoms with Crippen molar-refractivity contribution in [2.24, 2.45) is 0 Å². The van der Waals surface area contributed by atoms with Gasteiger partial charge < -0.3 is 34.2 Å². The van der Waals surface area contributed by atoms with Crippen molar-refractivity contribution in [3.63, 3.8) is 0 Å². The number of hydrogen-bond acceptors (Lipinski definition) is 14. The molecule has 0 spiro atoms. The maximum absolute atomic E-state index is 12.9. The minimum absolute atomic E-state index is 0.0591. The zero-order chi connectivity index (χ0) is 62.4. The van der Waals surface area contributed by atoms with Gasteiger partial charge >= 0.3 is 33.6 Å². The number of hydrogen-bond donors (Lipinski definition) is 4. The molecule has 0 aromatic heterocycles. The number of esters is 3. The fourth-order valence-electron chi connectivity index (χ4n) is 8.33. The number of unbranched alkanes of at least 4 members (excludes halogenated alkanes) is 22. The summed E-state index contributed by atoms with van der Waals surface area (Å²) in [5.41, 5.74) is 0. The fourth-order valence-corrected chi connectivity index (χ4v) is 9.92. The smallest absolute Gasteiger partial charge is 0.463 e. The molecule has 0 aliphatic carbocycles. The highest BCUT2D eigenvalue weighted by Gasteiger charge is 2.29. The Morgan fingerprint density at radius 1 is 0.341 bits per heavy atom. The minimum Gasteiger partial charge on any atom is -0.463 e. The lowest BCUT2D eigenvalue weighted by molar-refractivity contribution is -0.161. The van der Waals surface area contributed by atoms with Crippen molar-refractivity contribution in [1.82, 2.24) is 0 Å². The normalized spacial score (nSPS) is 15.0. The largest absolute Gasteiger partial charge is 0.472 e. The van der Waals surface area contributed by atoms with Crippen molar-refractivity contribution < 1.29 is 75.8 Å². The first-order chi connectivity index (χ1) is 41.2. The zero-order valence-electron chi connectivity index (χ0n) is 52.8. The standard InChI is InChI=1S/C67H116O16P2/c1-4-7-10-13-16-19-22-25-28-29-30-31-34-36-38-41-44-47-50-53-65(70)77-56-62(68)57-79-84(73,74)80-58-63(69)59-81-85(75,76)82-61-64(83-67(72)55-52-49-46-43-40-37-33-27-24-21-18-15-12-9-6-3)60-78-66(71)54-51-48-45-42-39-35-32-26-23-20-17-14-11-8-5-2/h7,10,16-17,19-20,25-26,28,30-32,36,38,44,47,62-64,68-69H,4-6,8-9,11-15,18,21-24,27,29,33-35,37,39-43,45-46,48-61H2,1-3H3,(H,73,74)(H,75,76)/b10-7-,19-16-,20-17-,28-25-,31-30-,32-26-,38-36-,47-44-. The van der Waals surface area contributed by atoms with E-state index in [9.17, 15) is 43.5 Å². The second-order valence-electron chi connectivity index (χ2n) is 21.5. The Labute approximate surface area is 514 Å². The molecule has 0 aromatic carbocycles. The molecule has 18 heteroatoms. The number of phosphoric acid groups is 2. The van der Waals surface area contributed by atoms with Gasteiger partial charge in [-0.15, -0.1) is 0 Å². The first-order valence-electron chi connectivity index (χ1n) is 32.5. The van der Waals surface area contributed by atoms with E-state index in [-0.39, 0.29) is 19.3 Å². The van der Waals surface area contributed by atoms with Crippen LogP contribution in [0.1, 0.15) is 252 Å². The van der Waals surface area contributed by atoms with Crippen LogP contribution in [-0.4, -0.2) is 95.9 Å². The molecular weight excluding hydrogens is 1120 g/mol. The molecule has 16 nitrogen and oxygen atoms in total. The molecule has 5 unspecified atom stereocenters. The van der Waals surface area contributed by atoms with Gasteiger partial charge in [0.25, 0.3) is 0 Å². The van der Waals surface area contributed by atoms with E-state index >= 15 is 0 Å². The van der Waals surface area contributed by atoms with Crippen LogP contribution in [0.5, 0.6) is 0 Å². The van der Waals surface area contributed by atoms with E-state index in [1.54, 1.807) is 0 Å². The van der Waals surface area contributed by atoms with Crippen LogP contribution in [0, 0.1) is 0 Å². The highest BCUT2D eigenvalue weighted by Crippen LogP contribution is 2.45. The second-order valence-corrected chi connectivity index (χ2v) is 24.4. The zero-order valence-corrected chi connectivity index (χ0v) is 54.5. The molecule has 0 aliphatic heterocycles. The number of carbonyl (C=O) groups excluding carboxylic acids is 3. The maximum Gasteiger partial charge on any atom is 0.472 e. The third-order valence-corrected chi connectivity index (χ3v) is 15.2. The van der Waals surface area contributed by atoms with E-state index in [1.165, 1.54) is 83.5 Å². The number of ether oxygens (including phenoxy) is 3. The van der Waals surface area contributed by atoms with Gasteiger partial charge in [0.2, 0.25) is 0 Å². The Morgan fingerprint density at radius 3 is 1.08 bits per heavy atom. The lowest BCUT2D eigenvalue weighted by Gasteiger charge is -2.21. The predicted molar refractivity (Wildman–Crippen MR) is 344 cm³/mol. The molecule has 0 saturated carbocycles. The summed E-state index contributed by atoms with van der Waals surface area (Å²) < 4.78 is 60.7. The SMILES string of the molecule is CC/C=C\C/C=C\C/C=C\C/C=C\C/C=C\C/C=C\CCC(=O)OCC(O)COP(=O)(O)OCC(O)COP(=O)(O)OCC(COC(=O)CCCCCCC/C=C\C/C=C\CCCCC)OC(=O)CCCCCCCCCCCCCCCCC. The van der Waals surface area contributed by atoms with Crippen LogP contribution < -0.4 is 0 Å². The Bertz CT molecular complexity index is 1940. The van der Waals surface area contributed by atoms with Gasteiger partial charge in [-0.1, -0.05) is 240 Å². The number of rotatable bonds is 61. The van der Waals surface area contributed by atoms with Crippen molar-refractivity contribution in [1.29, 1.82) is 0 Å². The van der Waals surface area contributed by atoms with E-state index < -0.39 is 91.5 Å². The second kappa shape index (κ2) is 60.7. The van der Waals surface area contributed by atoms with Crippen LogP contribution in [0.2, 0.25) is 0 Å². The van der Waals surface area contributed by atoms with Crippen LogP contribution in [0.3, 0.4) is 0 Å². The number of carbonyl (C=O) groups is 3. The summed E-state index contributed by atoms with van der Waals surface area (Å²) in [7, 11) is -9.79. The van der Waals surface area contributed by atoms with Gasteiger partial charge in [0, 0.05) is 19.3 Å². The van der Waals surface area contributed by atoms with Crippen LogP contribution >= 0.6 is 15.6 Å². The summed E-state index contributed by atoms with van der Waals surface area (Å²) in [6.07, 6.45) is 64.8. The van der Waals surface area contributed by atoms with Crippen molar-refractivity contribution in [3.8, 4) is 0 Å². The molecule has 0 amide bonds. The molecule has 4 N–H and O–H groups in total. The first kappa shape index (κ1) is 81.5. The van der Waals surface area contributed by atoms with Crippen LogP contribution in [-0.2, 0) is 55.8 Å². The van der Waals surface area contributed by atoms with E-state index in [0.29, 0.717) is 25.7 Å². The molecule has 0 radical (unpaired) electrons. The molecule has 0 heterocycles. The Morgan fingerprint density at radius 2 is 0.647 bits per heavy atom. The topological polar surface area (TPSA) is 231 Å². The molecule has 0 rings (SSSR count). The summed E-state index contributed by atoms with van der Waals surface area (Å²) in [6.45, 7) is 2.42. The summed E-state index contributed by atoms with van der Waals surface area (Å²) >= 11 is 0. The monoisotopic (exact) mass is 1240 g/mol. The number of allylic oxidation sites excluding steroid dienone is 16. The molecule has 0 aliphatic rings. The van der Waals surface area contributed by atoms with E-state index in [4.69, 9.17) is 32.3 Å². The third kappa shape index (κ3) is 61.9. The third-order valence-electron chi connectivity index (χ3n) is 13.3. The molecule has 490 valence electrons. The minimum atomic E-state index is -4.93. The molecule has 5 atom stereocenters. The molecule has 85 heavy (non-hydrogen) atoms. The number of aliphatic hydroxyl groups is 2. The van der Waals surface area contributed by atoms with Crippen molar-refractivity contribution in [2.75, 3.05) is 39.6 Å². The molecule has 0 fully saturated rings. The Hall–Kier alpha value is -3.53. The molecular formula is C67H116O16P2. The summed E-state index contributed by atoms with van der Waals surface area (Å²) in [5, 5.41) is 20.5. The molecule has 0 bridgehead atoms. The lowest BCUT2D eigenvalue weighted by atomic mass is 10.0. The van der Waals surface area contributed by atoms with Crippen molar-refractivity contribution >= 4 is 33.6 Å². The lowest BCUT2D eigenvalue weighted by Crippen LogP contribution is -2.30. The van der Waals surface area contributed by atoms with Gasteiger partial charge in [-0.3, -0.25) is 32.5 Å². The average Bonchev–Trinajstić information content (AvgIpc) is 3.52. The highest BCUT2D eigenvalue weighted by atomic mass is 31.2. The quantitative estimate of drug-likeness (QED) is 0.0146. The van der Waals surface area contributed by atoms with Gasteiger partial charge in [-0.05, 0) is 89.9 Å². The van der Waals surface area contributed by atoms with Crippen molar-refractivity contribution in [3.05, 3.63) is 97.2 Å². The Balaban J connectivity index is 4.73. The highest BCUT2D eigenvalue weighted by molar-refractivity contribution is 7.47. The van der Waals surface area contributed by atoms with Gasteiger partial charge in [0.1, 0.15) is 25.4 Å². The van der Waals surface area contributed by atoms with Crippen molar-refractivity contribution in [2.45, 2.75) is 270 Å². The fraction of sp³-hybridized carbons (Fsp3) is 0.716. The van der Waals surface area contributed by atoms with Gasteiger partial charge in [0.15, 0.2) is 6.10 Å². The van der Waals surface area contributed by atoms with Gasteiger partial charge in [0.05, 0.1) is 26.4 Å². The summed E-state index contributed by atoms with van der Waals surface area (Å²) in [5.74, 6) is -1.67. The first-order valence-corrected chi connectivity index (χ1v) is 35.5. The maximum atomic E-state index is 12.9. The molecule has 0 saturated heterocycles. The summed E-state index contributed by atoms with van der Waals surface area (Å²) in [4.78, 5) is 58.2. The number of aliphatic hydroxyl groups excluding tert-OH is 2. The Kier molecular flexibility index (Phi) is 58.2. The van der Waals surface area contributed by atoms with E-state index in [1.807, 2.05) is 18.2 Å². The van der Waals surface area contributed by atoms with Gasteiger partial charge in [-0.2, -0.15) is 0 Å². The van der Waals surface area contributed by atoms with Gasteiger partial charge in [-0.25, -0.2) is 9.13 Å². The average molecular weight is 1240 g/mol. The van der Waals surface area contributed by atoms with E-state index in [0.717, 1.165) is 103 Å². The number of phosphoric ester groups is 2. The van der Waals surface area contributed by atoms with Crippen LogP contribution in [0.4, 0.5) is 0 Å². The predicted octanol–water partition coefficient (Wildman–Crippen LogP) is 17.5. The van der Waals surface area contributed by atoms with E-state index in [2.05, 4.69) is 99.8 Å². The molecule has 0 aromatic rings. The van der Waals surface area contributed by atoms with Crippen LogP contribution in [0.15, 0.2) is 97.2 Å². The van der Waals surface area contributed by atoms with Crippen LogP contribution in [0.25, 0.3) is 0 Å².